The van der Waals surface area contributed by atoms with Crippen molar-refractivity contribution in [2.75, 3.05) is 13.1 Å². The van der Waals surface area contributed by atoms with Crippen molar-refractivity contribution in [1.82, 2.24) is 5.32 Å². The second kappa shape index (κ2) is 7.06. The average Bonchev–Trinajstić information content (AvgIpc) is 2.56. The number of nitrogens with one attached hydrogen (secondary N) is 1. The molecule has 1 fully saturated rings. The Bertz CT molecular complexity index is 669. The van der Waals surface area contributed by atoms with E-state index in [0.717, 1.165) is 28.4 Å². The van der Waals surface area contributed by atoms with Gasteiger partial charge in [0.15, 0.2) is 0 Å². The molecule has 0 amide bonds. The molecule has 4 nitrogen and oxygen atoms in total. The van der Waals surface area contributed by atoms with Crippen LogP contribution in [0.1, 0.15) is 18.4 Å². The standard InChI is InChI=1S/C18H19NO3S/c20-17(21)22-18(10-12-19-13-11-18)15-8-4-5-9-16(15)23-14-6-2-1-3-7-14/h1-9,19H,10-13H2,(H,20,21). The van der Waals surface area contributed by atoms with Crippen molar-refractivity contribution in [3.8, 4) is 0 Å². The minimum Gasteiger partial charge on any atom is -0.450 e. The maximum absolute atomic E-state index is 11.3. The highest BCUT2D eigenvalue weighted by atomic mass is 32.2. The third-order valence-corrected chi connectivity index (χ3v) is 5.13. The molecule has 0 saturated carbocycles. The molecule has 120 valence electrons. The number of carboxylic acid groups (broad SMARTS) is 1. The zero-order valence-corrected chi connectivity index (χ0v) is 13.5. The number of carbonyl (C=O) groups is 1. The van der Waals surface area contributed by atoms with E-state index in [-0.39, 0.29) is 0 Å². The van der Waals surface area contributed by atoms with Gasteiger partial charge in [0.25, 0.3) is 0 Å². The molecule has 1 aliphatic heterocycles. The molecule has 2 aromatic rings. The van der Waals surface area contributed by atoms with Crippen molar-refractivity contribution < 1.29 is 14.6 Å². The van der Waals surface area contributed by atoms with Gasteiger partial charge in [0.05, 0.1) is 0 Å². The smallest absolute Gasteiger partial charge is 0.450 e. The van der Waals surface area contributed by atoms with E-state index < -0.39 is 11.8 Å². The molecule has 23 heavy (non-hydrogen) atoms. The zero-order valence-electron chi connectivity index (χ0n) is 12.7. The van der Waals surface area contributed by atoms with Gasteiger partial charge in [-0.25, -0.2) is 4.79 Å². The van der Waals surface area contributed by atoms with Crippen molar-refractivity contribution in [2.24, 2.45) is 0 Å². The van der Waals surface area contributed by atoms with Gasteiger partial charge in [-0.05, 0) is 31.3 Å². The predicted molar refractivity (Wildman–Crippen MR) is 89.9 cm³/mol. The largest absolute Gasteiger partial charge is 0.506 e. The van der Waals surface area contributed by atoms with Crippen LogP contribution in [0.4, 0.5) is 4.79 Å². The Morgan fingerprint density at radius 3 is 2.39 bits per heavy atom. The molecule has 0 spiro atoms. The fraction of sp³-hybridized carbons (Fsp3) is 0.278. The van der Waals surface area contributed by atoms with E-state index >= 15 is 0 Å². The SMILES string of the molecule is O=C(O)OC1(c2ccccc2Sc2ccccc2)CCNCC1. The molecule has 5 heteroatoms. The summed E-state index contributed by atoms with van der Waals surface area (Å²) in [6.45, 7) is 1.50. The average molecular weight is 329 g/mol. The Kier molecular flexibility index (Phi) is 4.88. The predicted octanol–water partition coefficient (Wildman–Crippen LogP) is 4.11. The van der Waals surface area contributed by atoms with Crippen LogP contribution in [-0.4, -0.2) is 24.4 Å². The van der Waals surface area contributed by atoms with Gasteiger partial charge in [-0.2, -0.15) is 0 Å². The highest BCUT2D eigenvalue weighted by Crippen LogP contribution is 2.42. The Labute approximate surface area is 139 Å². The van der Waals surface area contributed by atoms with E-state index in [1.165, 1.54) is 0 Å². The lowest BCUT2D eigenvalue weighted by atomic mass is 9.84. The summed E-state index contributed by atoms with van der Waals surface area (Å²) < 4.78 is 5.41. The monoisotopic (exact) mass is 329 g/mol. The fourth-order valence-electron chi connectivity index (χ4n) is 2.97. The first-order valence-electron chi connectivity index (χ1n) is 7.65. The van der Waals surface area contributed by atoms with Gasteiger partial charge in [-0.1, -0.05) is 48.2 Å². The van der Waals surface area contributed by atoms with E-state index in [1.54, 1.807) is 11.8 Å². The number of piperidine rings is 1. The quantitative estimate of drug-likeness (QED) is 0.827. The first kappa shape index (κ1) is 15.9. The molecule has 3 rings (SSSR count). The van der Waals surface area contributed by atoms with Crippen LogP contribution in [0.25, 0.3) is 0 Å². The molecule has 0 atom stereocenters. The van der Waals surface area contributed by atoms with Crippen LogP contribution < -0.4 is 5.32 Å². The van der Waals surface area contributed by atoms with Gasteiger partial charge >= 0.3 is 6.16 Å². The molecular formula is C18H19NO3S. The first-order chi connectivity index (χ1) is 11.2. The summed E-state index contributed by atoms with van der Waals surface area (Å²) in [5.41, 5.74) is 0.188. The molecule has 1 saturated heterocycles. The highest BCUT2D eigenvalue weighted by Gasteiger charge is 2.39. The third-order valence-electron chi connectivity index (χ3n) is 4.04. The molecule has 0 aliphatic carbocycles. The van der Waals surface area contributed by atoms with Crippen LogP contribution in [0.5, 0.6) is 0 Å². The number of hydrogen-bond acceptors (Lipinski definition) is 4. The molecule has 2 N–H and O–H groups in total. The van der Waals surface area contributed by atoms with Crippen LogP contribution in [0.3, 0.4) is 0 Å². The molecule has 0 aromatic heterocycles. The summed E-state index contributed by atoms with van der Waals surface area (Å²) in [6, 6.07) is 18.0. The Balaban J connectivity index is 1.98. The first-order valence-corrected chi connectivity index (χ1v) is 8.46. The van der Waals surface area contributed by atoms with Crippen molar-refractivity contribution in [2.45, 2.75) is 28.2 Å². The Hall–Kier alpha value is -1.98. The normalized spacial score (nSPS) is 16.7. The lowest BCUT2D eigenvalue weighted by molar-refractivity contribution is -0.0434. The number of rotatable bonds is 4. The number of hydrogen-bond donors (Lipinski definition) is 2. The van der Waals surface area contributed by atoms with Crippen molar-refractivity contribution >= 4 is 17.9 Å². The Morgan fingerprint density at radius 1 is 1.04 bits per heavy atom. The van der Waals surface area contributed by atoms with E-state index in [9.17, 15) is 9.90 Å². The van der Waals surface area contributed by atoms with E-state index in [0.29, 0.717) is 12.8 Å². The number of benzene rings is 2. The van der Waals surface area contributed by atoms with Gasteiger partial charge in [0.1, 0.15) is 5.60 Å². The van der Waals surface area contributed by atoms with Gasteiger partial charge < -0.3 is 15.2 Å². The topological polar surface area (TPSA) is 58.6 Å². The molecule has 0 bridgehead atoms. The summed E-state index contributed by atoms with van der Waals surface area (Å²) in [7, 11) is 0. The van der Waals surface area contributed by atoms with Gasteiger partial charge in [0.2, 0.25) is 0 Å². The summed E-state index contributed by atoms with van der Waals surface area (Å²) in [4.78, 5) is 13.4. The highest BCUT2D eigenvalue weighted by molar-refractivity contribution is 7.99. The van der Waals surface area contributed by atoms with Gasteiger partial charge in [-0.3, -0.25) is 0 Å². The van der Waals surface area contributed by atoms with Crippen LogP contribution in [0.2, 0.25) is 0 Å². The fourth-order valence-corrected chi connectivity index (χ4v) is 4.03. The van der Waals surface area contributed by atoms with Crippen LogP contribution >= 0.6 is 11.8 Å². The molecule has 1 aliphatic rings. The van der Waals surface area contributed by atoms with E-state index in [2.05, 4.69) is 17.4 Å². The summed E-state index contributed by atoms with van der Waals surface area (Å²) in [5, 5.41) is 12.5. The molecule has 1 heterocycles. The van der Waals surface area contributed by atoms with Crippen molar-refractivity contribution in [1.29, 1.82) is 0 Å². The Morgan fingerprint density at radius 2 is 1.70 bits per heavy atom. The van der Waals surface area contributed by atoms with Crippen molar-refractivity contribution in [3.05, 3.63) is 60.2 Å². The third kappa shape index (κ3) is 3.68. The maximum Gasteiger partial charge on any atom is 0.506 e. The van der Waals surface area contributed by atoms with Crippen LogP contribution in [0.15, 0.2) is 64.4 Å². The molecule has 0 radical (unpaired) electrons. The molecule has 0 unspecified atom stereocenters. The zero-order chi connectivity index (χ0) is 16.1. The van der Waals surface area contributed by atoms with Crippen LogP contribution in [-0.2, 0) is 10.3 Å². The van der Waals surface area contributed by atoms with Gasteiger partial charge in [0, 0.05) is 28.2 Å². The van der Waals surface area contributed by atoms with Crippen LogP contribution in [0, 0.1) is 0 Å². The molecule has 2 aromatic carbocycles. The summed E-state index contributed by atoms with van der Waals surface area (Å²) in [6.07, 6.45) is 0.0727. The molecular weight excluding hydrogens is 310 g/mol. The van der Waals surface area contributed by atoms with E-state index in [4.69, 9.17) is 4.74 Å². The minimum absolute atomic E-state index is 0.645. The van der Waals surface area contributed by atoms with Crippen molar-refractivity contribution in [3.63, 3.8) is 0 Å². The lowest BCUT2D eigenvalue weighted by Crippen LogP contribution is -2.43. The summed E-state index contributed by atoms with van der Waals surface area (Å²) >= 11 is 1.64. The van der Waals surface area contributed by atoms with Gasteiger partial charge in [-0.15, -0.1) is 0 Å². The van der Waals surface area contributed by atoms with E-state index in [1.807, 2.05) is 42.5 Å². The summed E-state index contributed by atoms with van der Waals surface area (Å²) in [5.74, 6) is 0. The maximum atomic E-state index is 11.3. The minimum atomic E-state index is -1.22. The lowest BCUT2D eigenvalue weighted by Gasteiger charge is -2.37. The number of ether oxygens (including phenoxy) is 1. The second-order valence-corrected chi connectivity index (χ2v) is 6.64. The second-order valence-electron chi connectivity index (χ2n) is 5.52.